The summed E-state index contributed by atoms with van der Waals surface area (Å²) in [6, 6.07) is 0. The molecule has 1 aliphatic heterocycles. The lowest BCUT2D eigenvalue weighted by Gasteiger charge is -2.50. The quantitative estimate of drug-likeness (QED) is 0.641. The van der Waals surface area contributed by atoms with Crippen LogP contribution in [-0.4, -0.2) is 11.7 Å². The molecule has 0 aromatic carbocycles. The van der Waals surface area contributed by atoms with Crippen LogP contribution in [0.1, 0.15) is 53.4 Å². The standard InChI is InChI=1S/C18H26O/c1-9(2)11-12-15-16-14(17(12)7-5-6-8-17)13(11)18(15,19-16)10(3)4/h10,12-16H,5-8H2,1-4H3. The molecule has 0 aromatic heterocycles. The smallest absolute Gasteiger partial charge is 0.0837 e. The maximum Gasteiger partial charge on any atom is 0.0837 e. The number of hydrogen-bond acceptors (Lipinski definition) is 1. The van der Waals surface area contributed by atoms with Crippen molar-refractivity contribution in [2.75, 3.05) is 0 Å². The fraction of sp³-hybridized carbons (Fsp3) is 0.889. The van der Waals surface area contributed by atoms with Crippen LogP contribution in [0.15, 0.2) is 11.1 Å². The summed E-state index contributed by atoms with van der Waals surface area (Å²) in [6.07, 6.45) is 6.60. The zero-order valence-corrected chi connectivity index (χ0v) is 12.7. The van der Waals surface area contributed by atoms with Gasteiger partial charge in [-0.25, -0.2) is 0 Å². The lowest BCUT2D eigenvalue weighted by atomic mass is 9.65. The monoisotopic (exact) mass is 258 g/mol. The lowest BCUT2D eigenvalue weighted by Crippen LogP contribution is -2.56. The van der Waals surface area contributed by atoms with Gasteiger partial charge >= 0.3 is 0 Å². The molecule has 6 bridgehead atoms. The molecule has 1 nitrogen and oxygen atoms in total. The summed E-state index contributed by atoms with van der Waals surface area (Å²) >= 11 is 0. The highest BCUT2D eigenvalue weighted by atomic mass is 16.6. The third-order valence-corrected chi connectivity index (χ3v) is 7.74. The third kappa shape index (κ3) is 0.849. The Morgan fingerprint density at radius 1 is 1.11 bits per heavy atom. The van der Waals surface area contributed by atoms with Crippen LogP contribution in [0.3, 0.4) is 0 Å². The van der Waals surface area contributed by atoms with Crippen molar-refractivity contribution in [3.05, 3.63) is 11.1 Å². The normalized spacial score (nSPS) is 54.8. The highest BCUT2D eigenvalue weighted by Crippen LogP contribution is 2.87. The van der Waals surface area contributed by atoms with E-state index in [-0.39, 0.29) is 5.60 Å². The molecule has 0 aromatic rings. The van der Waals surface area contributed by atoms with Crippen molar-refractivity contribution < 1.29 is 4.74 Å². The first-order valence-corrected chi connectivity index (χ1v) is 8.41. The molecular weight excluding hydrogens is 232 g/mol. The van der Waals surface area contributed by atoms with Gasteiger partial charge in [0.1, 0.15) is 0 Å². The molecule has 19 heavy (non-hydrogen) atoms. The van der Waals surface area contributed by atoms with E-state index < -0.39 is 0 Å². The topological polar surface area (TPSA) is 9.23 Å². The molecule has 1 saturated heterocycles. The van der Waals surface area contributed by atoms with E-state index in [0.717, 1.165) is 23.7 Å². The molecule has 6 rings (SSSR count). The summed E-state index contributed by atoms with van der Waals surface area (Å²) in [4.78, 5) is 0. The van der Waals surface area contributed by atoms with E-state index in [9.17, 15) is 0 Å². The molecule has 0 amide bonds. The molecule has 1 spiro atoms. The molecular formula is C18H26O. The largest absolute Gasteiger partial charge is 0.370 e. The van der Waals surface area contributed by atoms with Gasteiger partial charge < -0.3 is 4.74 Å². The zero-order chi connectivity index (χ0) is 13.2. The van der Waals surface area contributed by atoms with Crippen molar-refractivity contribution in [1.29, 1.82) is 0 Å². The van der Waals surface area contributed by atoms with Crippen LogP contribution in [0.2, 0.25) is 0 Å². The average molecular weight is 258 g/mol. The summed E-state index contributed by atoms with van der Waals surface area (Å²) in [5.74, 6) is 4.21. The highest BCUT2D eigenvalue weighted by molar-refractivity contribution is 5.50. The van der Waals surface area contributed by atoms with E-state index in [1.54, 1.807) is 5.57 Å². The van der Waals surface area contributed by atoms with E-state index in [4.69, 9.17) is 4.74 Å². The first kappa shape index (κ1) is 11.4. The molecule has 6 unspecified atom stereocenters. The molecule has 104 valence electrons. The van der Waals surface area contributed by atoms with Crippen molar-refractivity contribution in [3.8, 4) is 0 Å². The van der Waals surface area contributed by atoms with Crippen LogP contribution in [0.25, 0.3) is 0 Å². The Morgan fingerprint density at radius 3 is 2.37 bits per heavy atom. The fourth-order valence-electron chi connectivity index (χ4n) is 7.61. The first-order chi connectivity index (χ1) is 9.06. The molecule has 6 atom stereocenters. The van der Waals surface area contributed by atoms with Gasteiger partial charge in [-0.3, -0.25) is 0 Å². The van der Waals surface area contributed by atoms with E-state index >= 15 is 0 Å². The molecule has 0 N–H and O–H groups in total. The SMILES string of the molecule is CC(C)=C1C2C3C4OC3(C(C)C)C1C4C21CCCC1. The van der Waals surface area contributed by atoms with Gasteiger partial charge in [0.25, 0.3) is 0 Å². The van der Waals surface area contributed by atoms with Crippen LogP contribution in [0.5, 0.6) is 0 Å². The van der Waals surface area contributed by atoms with Crippen molar-refractivity contribution in [2.24, 2.45) is 35.0 Å². The summed E-state index contributed by atoms with van der Waals surface area (Å²) < 4.78 is 6.57. The Hall–Kier alpha value is -0.300. The van der Waals surface area contributed by atoms with Crippen LogP contribution in [-0.2, 0) is 4.74 Å². The Balaban J connectivity index is 1.72. The third-order valence-electron chi connectivity index (χ3n) is 7.74. The van der Waals surface area contributed by atoms with Gasteiger partial charge in [0.05, 0.1) is 11.7 Å². The van der Waals surface area contributed by atoms with Crippen LogP contribution < -0.4 is 0 Å². The Labute approximate surface area is 116 Å². The van der Waals surface area contributed by atoms with Gasteiger partial charge in [0, 0.05) is 17.8 Å². The van der Waals surface area contributed by atoms with Crippen LogP contribution in [0, 0.1) is 35.0 Å². The average Bonchev–Trinajstić information content (AvgIpc) is 3.05. The second-order valence-electron chi connectivity index (χ2n) is 8.49. The fourth-order valence-corrected chi connectivity index (χ4v) is 7.61. The summed E-state index contributed by atoms with van der Waals surface area (Å²) in [6.45, 7) is 9.52. The van der Waals surface area contributed by atoms with E-state index in [1.165, 1.54) is 25.7 Å². The molecule has 0 radical (unpaired) electrons. The Bertz CT molecular complexity index is 488. The molecule has 1 heteroatoms. The van der Waals surface area contributed by atoms with Crippen molar-refractivity contribution in [3.63, 3.8) is 0 Å². The van der Waals surface area contributed by atoms with Crippen molar-refractivity contribution in [1.82, 2.24) is 0 Å². The van der Waals surface area contributed by atoms with Gasteiger partial charge in [-0.15, -0.1) is 0 Å². The minimum atomic E-state index is 0.264. The number of hydrogen-bond donors (Lipinski definition) is 0. The molecule has 1 heterocycles. The van der Waals surface area contributed by atoms with E-state index in [1.807, 2.05) is 5.57 Å². The zero-order valence-electron chi connectivity index (χ0n) is 12.7. The molecule has 5 saturated carbocycles. The molecule has 6 fully saturated rings. The van der Waals surface area contributed by atoms with E-state index in [2.05, 4.69) is 27.7 Å². The number of allylic oxidation sites excluding steroid dienone is 1. The van der Waals surface area contributed by atoms with Crippen molar-refractivity contribution in [2.45, 2.75) is 65.1 Å². The van der Waals surface area contributed by atoms with Crippen LogP contribution in [0.4, 0.5) is 0 Å². The predicted molar refractivity (Wildman–Crippen MR) is 75.7 cm³/mol. The van der Waals surface area contributed by atoms with Gasteiger partial charge in [0.15, 0.2) is 0 Å². The van der Waals surface area contributed by atoms with Crippen molar-refractivity contribution >= 4 is 0 Å². The minimum absolute atomic E-state index is 0.264. The number of ether oxygens (including phenoxy) is 1. The Kier molecular flexibility index (Phi) is 1.78. The summed E-state index contributed by atoms with van der Waals surface area (Å²) in [5, 5.41) is 0. The van der Waals surface area contributed by atoms with Gasteiger partial charge in [-0.05, 0) is 43.9 Å². The second kappa shape index (κ2) is 2.98. The number of rotatable bonds is 1. The minimum Gasteiger partial charge on any atom is -0.370 e. The van der Waals surface area contributed by atoms with Crippen LogP contribution >= 0.6 is 0 Å². The van der Waals surface area contributed by atoms with Gasteiger partial charge in [-0.1, -0.05) is 37.8 Å². The highest BCUT2D eigenvalue weighted by Gasteiger charge is 2.90. The lowest BCUT2D eigenvalue weighted by molar-refractivity contribution is -0.231. The van der Waals surface area contributed by atoms with Gasteiger partial charge in [-0.2, -0.15) is 0 Å². The summed E-state index contributed by atoms with van der Waals surface area (Å²) in [5.41, 5.74) is 4.43. The van der Waals surface area contributed by atoms with Gasteiger partial charge in [0.2, 0.25) is 0 Å². The second-order valence-corrected chi connectivity index (χ2v) is 8.49. The molecule has 5 aliphatic carbocycles. The Morgan fingerprint density at radius 2 is 1.79 bits per heavy atom. The first-order valence-electron chi connectivity index (χ1n) is 8.41. The molecule has 6 aliphatic rings. The predicted octanol–water partition coefficient (Wildman–Crippen LogP) is 4.18. The maximum absolute atomic E-state index is 6.57. The maximum atomic E-state index is 6.57. The summed E-state index contributed by atoms with van der Waals surface area (Å²) in [7, 11) is 0. The van der Waals surface area contributed by atoms with E-state index in [0.29, 0.717) is 17.4 Å².